The lowest BCUT2D eigenvalue weighted by molar-refractivity contribution is -0.887. The van der Waals surface area contributed by atoms with Crippen molar-refractivity contribution in [2.24, 2.45) is 0 Å². The van der Waals surface area contributed by atoms with E-state index in [9.17, 15) is 19.5 Å². The van der Waals surface area contributed by atoms with Crippen molar-refractivity contribution in [3.8, 4) is 0 Å². The number of hydrogen-bond acceptors (Lipinski definition) is 6. The van der Waals surface area contributed by atoms with E-state index in [1.807, 2.05) is 21.1 Å². The summed E-state index contributed by atoms with van der Waals surface area (Å²) in [5, 5.41) is 9.68. The van der Waals surface area contributed by atoms with Gasteiger partial charge in [0.25, 0.3) is 0 Å². The molecular formula is C61H110NO7+. The van der Waals surface area contributed by atoms with Crippen molar-refractivity contribution in [1.82, 2.24) is 0 Å². The van der Waals surface area contributed by atoms with Crippen LogP contribution < -0.4 is 0 Å². The van der Waals surface area contributed by atoms with Crippen molar-refractivity contribution in [3.05, 3.63) is 60.8 Å². The Labute approximate surface area is 426 Å². The van der Waals surface area contributed by atoms with Gasteiger partial charge in [0.05, 0.1) is 34.4 Å². The van der Waals surface area contributed by atoms with E-state index in [1.165, 1.54) is 161 Å². The van der Waals surface area contributed by atoms with Gasteiger partial charge >= 0.3 is 17.9 Å². The van der Waals surface area contributed by atoms with Crippen LogP contribution in [0.15, 0.2) is 60.8 Å². The molecule has 8 nitrogen and oxygen atoms in total. The molecule has 0 aliphatic heterocycles. The van der Waals surface area contributed by atoms with Crippen LogP contribution in [0.4, 0.5) is 0 Å². The van der Waals surface area contributed by atoms with Crippen LogP contribution in [-0.2, 0) is 28.6 Å². The number of quaternary nitrogens is 1. The maximum absolute atomic E-state index is 12.8. The highest BCUT2D eigenvalue weighted by molar-refractivity contribution is 5.72. The molecule has 0 rings (SSSR count). The van der Waals surface area contributed by atoms with Crippen LogP contribution in [0.3, 0.4) is 0 Å². The van der Waals surface area contributed by atoms with Crippen LogP contribution in [0.1, 0.15) is 258 Å². The number of likely N-dealkylation sites (N-methyl/N-ethyl adjacent to an activating group) is 1. The molecule has 0 aromatic carbocycles. The Morgan fingerprint density at radius 1 is 0.435 bits per heavy atom. The minimum absolute atomic E-state index is 0.0552. The fourth-order valence-corrected chi connectivity index (χ4v) is 8.42. The van der Waals surface area contributed by atoms with Gasteiger partial charge in [-0.3, -0.25) is 9.59 Å². The molecule has 0 bridgehead atoms. The Balaban J connectivity index is 4.21. The highest BCUT2D eigenvalue weighted by atomic mass is 16.6. The fraction of sp³-hybridized carbons (Fsp3) is 0.787. The maximum atomic E-state index is 12.8. The SMILES string of the molecule is CCCCC/C=C/C/C=C/C/C=C/CCCCCCCCCCCC(=O)OCC(COCCC(C(=O)O)[N+](C)(C)C)OC(=O)CCCCCCCCC/C=C/C/C=C/CCCCCCCCCCC. The van der Waals surface area contributed by atoms with E-state index in [2.05, 4.69) is 74.6 Å². The second-order valence-corrected chi connectivity index (χ2v) is 20.5. The molecule has 0 fully saturated rings. The first-order chi connectivity index (χ1) is 33.6. The number of unbranched alkanes of at least 4 members (excludes halogenated alkanes) is 28. The first kappa shape index (κ1) is 66.0. The van der Waals surface area contributed by atoms with Crippen molar-refractivity contribution in [2.45, 2.75) is 270 Å². The van der Waals surface area contributed by atoms with Crippen molar-refractivity contribution in [1.29, 1.82) is 0 Å². The first-order valence-electron chi connectivity index (χ1n) is 28.8. The van der Waals surface area contributed by atoms with Gasteiger partial charge in [-0.15, -0.1) is 0 Å². The summed E-state index contributed by atoms with van der Waals surface area (Å²) in [7, 11) is 5.54. The zero-order valence-electron chi connectivity index (χ0n) is 45.8. The molecule has 0 amide bonds. The van der Waals surface area contributed by atoms with Gasteiger partial charge in [0.15, 0.2) is 12.1 Å². The summed E-state index contributed by atoms with van der Waals surface area (Å²) in [4.78, 5) is 37.3. The summed E-state index contributed by atoms with van der Waals surface area (Å²) in [6.45, 7) is 4.72. The average Bonchev–Trinajstić information content (AvgIpc) is 3.31. The summed E-state index contributed by atoms with van der Waals surface area (Å²) in [6, 6.07) is -0.620. The number of carbonyl (C=O) groups is 3. The monoisotopic (exact) mass is 969 g/mol. The average molecular weight is 970 g/mol. The molecule has 0 heterocycles. The van der Waals surface area contributed by atoms with Gasteiger partial charge in [0, 0.05) is 19.3 Å². The van der Waals surface area contributed by atoms with Crippen LogP contribution >= 0.6 is 0 Å². The van der Waals surface area contributed by atoms with Gasteiger partial charge in [-0.05, 0) is 83.5 Å². The van der Waals surface area contributed by atoms with Crippen molar-refractivity contribution < 1.29 is 38.2 Å². The first-order valence-corrected chi connectivity index (χ1v) is 28.8. The number of ether oxygens (including phenoxy) is 3. The van der Waals surface area contributed by atoms with Crippen molar-refractivity contribution >= 4 is 17.9 Å². The van der Waals surface area contributed by atoms with E-state index < -0.39 is 18.1 Å². The molecule has 0 saturated heterocycles. The Hall–Kier alpha value is -2.97. The normalized spacial score (nSPS) is 13.2. The van der Waals surface area contributed by atoms with Crippen LogP contribution in [-0.4, -0.2) is 80.6 Å². The second-order valence-electron chi connectivity index (χ2n) is 20.5. The number of carboxylic acids is 1. The predicted molar refractivity (Wildman–Crippen MR) is 294 cm³/mol. The number of hydrogen-bond donors (Lipinski definition) is 1. The standard InChI is InChI=1S/C61H109NO7/c1-6-8-10-12-14-16-18-20-22-24-26-28-30-32-34-36-38-40-42-44-46-48-50-52-60(64)69-57(55-67-54-53-58(61(65)66)62(3,4)5)56-68-59(63)51-49-47-45-43-41-39-37-35-33-31-29-27-25-23-21-19-17-15-13-11-9-7-2/h15,17,21,23,26-29,32,34,57-58H,6-14,16,18-20,22,24-25,30-31,33,35-56H2,1-5H3/p+1/b17-15+,23-21+,28-26+,29-27+,34-32+. The van der Waals surface area contributed by atoms with Gasteiger partial charge in [0.1, 0.15) is 6.61 Å². The minimum atomic E-state index is -0.876. The number of esters is 2. The number of carbonyl (C=O) groups excluding carboxylic acids is 2. The summed E-state index contributed by atoms with van der Waals surface area (Å²) in [6.07, 6.45) is 65.6. The van der Waals surface area contributed by atoms with E-state index in [-0.39, 0.29) is 36.2 Å². The molecule has 0 saturated carbocycles. The fourth-order valence-electron chi connectivity index (χ4n) is 8.42. The number of allylic oxidation sites excluding steroid dienone is 10. The minimum Gasteiger partial charge on any atom is -0.477 e. The molecule has 8 heteroatoms. The molecule has 2 atom stereocenters. The Kier molecular flexibility index (Phi) is 49.2. The Bertz CT molecular complexity index is 1310. The van der Waals surface area contributed by atoms with E-state index in [0.717, 1.165) is 64.2 Å². The lowest BCUT2D eigenvalue weighted by Gasteiger charge is -2.31. The Morgan fingerprint density at radius 3 is 1.16 bits per heavy atom. The van der Waals surface area contributed by atoms with Gasteiger partial charge < -0.3 is 23.8 Å². The summed E-state index contributed by atoms with van der Waals surface area (Å²) >= 11 is 0. The van der Waals surface area contributed by atoms with E-state index in [1.54, 1.807) is 0 Å². The number of rotatable bonds is 52. The topological polar surface area (TPSA) is 99.1 Å². The highest BCUT2D eigenvalue weighted by Crippen LogP contribution is 2.16. The number of aliphatic carboxylic acids is 1. The molecule has 0 spiro atoms. The van der Waals surface area contributed by atoms with Crippen LogP contribution in [0.2, 0.25) is 0 Å². The highest BCUT2D eigenvalue weighted by Gasteiger charge is 2.31. The van der Waals surface area contributed by atoms with E-state index >= 15 is 0 Å². The summed E-state index contributed by atoms with van der Waals surface area (Å²) < 4.78 is 17.4. The second kappa shape index (κ2) is 51.4. The van der Waals surface area contributed by atoms with Gasteiger partial charge in [0.2, 0.25) is 0 Å². The largest absolute Gasteiger partial charge is 0.477 e. The van der Waals surface area contributed by atoms with Crippen LogP contribution in [0, 0.1) is 0 Å². The van der Waals surface area contributed by atoms with Gasteiger partial charge in [-0.25, -0.2) is 4.79 Å². The van der Waals surface area contributed by atoms with E-state index in [4.69, 9.17) is 14.2 Å². The quantitative estimate of drug-likeness (QED) is 0.0280. The third-order valence-corrected chi connectivity index (χ3v) is 12.9. The molecule has 400 valence electrons. The molecule has 0 radical (unpaired) electrons. The smallest absolute Gasteiger partial charge is 0.362 e. The van der Waals surface area contributed by atoms with Crippen molar-refractivity contribution in [2.75, 3.05) is 41.0 Å². The third kappa shape index (κ3) is 49.8. The van der Waals surface area contributed by atoms with Crippen LogP contribution in [0.25, 0.3) is 0 Å². The maximum Gasteiger partial charge on any atom is 0.362 e. The van der Waals surface area contributed by atoms with Gasteiger partial charge in [-0.2, -0.15) is 0 Å². The third-order valence-electron chi connectivity index (χ3n) is 12.9. The van der Waals surface area contributed by atoms with Crippen LogP contribution in [0.5, 0.6) is 0 Å². The van der Waals surface area contributed by atoms with Gasteiger partial charge in [-0.1, -0.05) is 216 Å². The zero-order valence-corrected chi connectivity index (χ0v) is 45.8. The lowest BCUT2D eigenvalue weighted by atomic mass is 10.1. The van der Waals surface area contributed by atoms with E-state index in [0.29, 0.717) is 19.3 Å². The predicted octanol–water partition coefficient (Wildman–Crippen LogP) is 17.3. The molecule has 0 aromatic rings. The number of nitrogens with zero attached hydrogens (tertiary/aromatic N) is 1. The Morgan fingerprint density at radius 2 is 0.768 bits per heavy atom. The lowest BCUT2D eigenvalue weighted by Crippen LogP contribution is -2.50. The molecule has 0 aromatic heterocycles. The summed E-state index contributed by atoms with van der Waals surface area (Å²) in [5.41, 5.74) is 0. The number of carboxylic acid groups (broad SMARTS) is 1. The van der Waals surface area contributed by atoms with Crippen molar-refractivity contribution in [3.63, 3.8) is 0 Å². The molecule has 69 heavy (non-hydrogen) atoms. The molecular weight excluding hydrogens is 859 g/mol. The molecule has 0 aliphatic carbocycles. The molecule has 0 aliphatic rings. The molecule has 1 N–H and O–H groups in total. The summed E-state index contributed by atoms with van der Waals surface area (Å²) in [5.74, 6) is -1.48. The zero-order chi connectivity index (χ0) is 50.6. The molecule has 2 unspecified atom stereocenters.